The second kappa shape index (κ2) is 7.70. The highest BCUT2D eigenvalue weighted by molar-refractivity contribution is 5.91. The third-order valence-electron chi connectivity index (χ3n) is 0.246. The van der Waals surface area contributed by atoms with Crippen LogP contribution in [0.25, 0.3) is 0 Å². The Morgan fingerprint density at radius 3 is 1.60 bits per heavy atom. The van der Waals surface area contributed by atoms with Crippen LogP contribution in [-0.2, 0) is 0 Å². The number of hydrogen-bond acceptors (Lipinski definition) is 3. The van der Waals surface area contributed by atoms with Gasteiger partial charge in [0.2, 0.25) is 0 Å². The highest BCUT2D eigenvalue weighted by Gasteiger charge is 1.92. The highest BCUT2D eigenvalue weighted by Crippen LogP contribution is 1.51. The Bertz CT molecular complexity index is 102. The van der Waals surface area contributed by atoms with Crippen LogP contribution in [0.4, 0.5) is 9.59 Å². The van der Waals surface area contributed by atoms with Crippen molar-refractivity contribution in [2.75, 3.05) is 6.61 Å². The zero-order valence-corrected chi connectivity index (χ0v) is 5.63. The number of rotatable bonds is 0. The molecule has 0 aliphatic heterocycles. The number of carbonyl (C=O) groups excluding carboxylic acids is 2. The molecule has 6 nitrogen and oxygen atoms in total. The minimum absolute atomic E-state index is 0.250. The fraction of sp³-hybridized carbons (Fsp3) is 0.500. The van der Waals surface area contributed by atoms with Crippen molar-refractivity contribution in [2.24, 2.45) is 11.5 Å². The van der Waals surface area contributed by atoms with Crippen molar-refractivity contribution in [2.45, 2.75) is 6.92 Å². The zero-order valence-electron chi connectivity index (χ0n) is 5.63. The number of aliphatic hydroxyl groups is 1. The largest absolute Gasteiger partial charge is 0.397 e. The normalized spacial score (nSPS) is 7.00. The number of nitrogens with one attached hydrogen (secondary N) is 1. The summed E-state index contributed by atoms with van der Waals surface area (Å²) < 4.78 is 0. The average Bonchev–Trinajstić information content (AvgIpc) is 1.62. The SMILES string of the molecule is CCO.NC(=O)NC(N)=O. The first kappa shape index (κ1) is 11.5. The molecule has 0 bridgehead atoms. The van der Waals surface area contributed by atoms with Crippen molar-refractivity contribution >= 4 is 12.1 Å². The second-order valence-electron chi connectivity index (χ2n) is 1.17. The first-order valence-electron chi connectivity index (χ1n) is 2.51. The van der Waals surface area contributed by atoms with E-state index in [0.717, 1.165) is 0 Å². The maximum absolute atomic E-state index is 9.62. The van der Waals surface area contributed by atoms with E-state index in [0.29, 0.717) is 0 Å². The van der Waals surface area contributed by atoms with Gasteiger partial charge in [-0.25, -0.2) is 9.59 Å². The van der Waals surface area contributed by atoms with Crippen LogP contribution in [0.15, 0.2) is 0 Å². The molecule has 0 radical (unpaired) electrons. The summed E-state index contributed by atoms with van der Waals surface area (Å²) in [4.78, 5) is 19.2. The lowest BCUT2D eigenvalue weighted by Crippen LogP contribution is -2.38. The van der Waals surface area contributed by atoms with Gasteiger partial charge in [-0.3, -0.25) is 5.32 Å². The molecule has 0 aliphatic rings. The number of urea groups is 2. The van der Waals surface area contributed by atoms with Crippen molar-refractivity contribution in [1.82, 2.24) is 5.32 Å². The summed E-state index contributed by atoms with van der Waals surface area (Å²) in [7, 11) is 0. The van der Waals surface area contributed by atoms with Gasteiger partial charge in [-0.1, -0.05) is 0 Å². The maximum Gasteiger partial charge on any atom is 0.320 e. The molecule has 6 N–H and O–H groups in total. The van der Waals surface area contributed by atoms with Gasteiger partial charge in [0, 0.05) is 6.61 Å². The maximum atomic E-state index is 9.62. The Hall–Kier alpha value is -1.30. The number of amides is 4. The molecule has 0 heterocycles. The first-order chi connectivity index (χ1) is 4.54. The summed E-state index contributed by atoms with van der Waals surface area (Å²) in [5.41, 5.74) is 8.88. The minimum Gasteiger partial charge on any atom is -0.397 e. The lowest BCUT2D eigenvalue weighted by Gasteiger charge is -1.88. The third-order valence-corrected chi connectivity index (χ3v) is 0.246. The molecule has 60 valence electrons. The molecule has 4 amide bonds. The summed E-state index contributed by atoms with van der Waals surface area (Å²) in [5, 5.41) is 9.15. The molecule has 6 heteroatoms. The zero-order chi connectivity index (χ0) is 8.57. The van der Waals surface area contributed by atoms with Crippen LogP contribution in [0.5, 0.6) is 0 Å². The average molecular weight is 149 g/mol. The summed E-state index contributed by atoms with van der Waals surface area (Å²) in [5.74, 6) is 0. The number of hydrogen-bond donors (Lipinski definition) is 4. The van der Waals surface area contributed by atoms with Gasteiger partial charge in [0.05, 0.1) is 0 Å². The van der Waals surface area contributed by atoms with E-state index < -0.39 is 12.1 Å². The van der Waals surface area contributed by atoms with Gasteiger partial charge < -0.3 is 16.6 Å². The number of primary amides is 2. The lowest BCUT2D eigenvalue weighted by atomic mass is 10.9. The molecule has 0 rings (SSSR count). The molecular weight excluding hydrogens is 138 g/mol. The highest BCUT2D eigenvalue weighted by atomic mass is 16.2. The van der Waals surface area contributed by atoms with Crippen molar-refractivity contribution in [3.63, 3.8) is 0 Å². The molecule has 10 heavy (non-hydrogen) atoms. The smallest absolute Gasteiger partial charge is 0.320 e. The van der Waals surface area contributed by atoms with Crippen molar-refractivity contribution in [3.8, 4) is 0 Å². The molecule has 0 unspecified atom stereocenters. The Morgan fingerprint density at radius 1 is 1.40 bits per heavy atom. The molecule has 0 atom stereocenters. The van der Waals surface area contributed by atoms with Gasteiger partial charge in [0.25, 0.3) is 0 Å². The Kier molecular flexibility index (Phi) is 8.85. The monoisotopic (exact) mass is 149 g/mol. The van der Waals surface area contributed by atoms with Gasteiger partial charge in [0.15, 0.2) is 0 Å². The van der Waals surface area contributed by atoms with E-state index in [-0.39, 0.29) is 6.61 Å². The van der Waals surface area contributed by atoms with Crippen LogP contribution in [0.1, 0.15) is 6.92 Å². The van der Waals surface area contributed by atoms with E-state index in [1.165, 1.54) is 0 Å². The number of nitrogens with two attached hydrogens (primary N) is 2. The lowest BCUT2D eigenvalue weighted by molar-refractivity contribution is 0.236. The van der Waals surface area contributed by atoms with E-state index in [9.17, 15) is 9.59 Å². The summed E-state index contributed by atoms with van der Waals surface area (Å²) in [6.45, 7) is 1.93. The summed E-state index contributed by atoms with van der Waals surface area (Å²) in [6.07, 6.45) is 0. The van der Waals surface area contributed by atoms with Crippen molar-refractivity contribution in [1.29, 1.82) is 0 Å². The predicted octanol–water partition coefficient (Wildman–Crippen LogP) is -1.27. The molecule has 0 aliphatic carbocycles. The van der Waals surface area contributed by atoms with Crippen LogP contribution in [0, 0.1) is 0 Å². The first-order valence-corrected chi connectivity index (χ1v) is 2.51. The fourth-order valence-electron chi connectivity index (χ4n) is 0.121. The van der Waals surface area contributed by atoms with Crippen LogP contribution in [0.3, 0.4) is 0 Å². The minimum atomic E-state index is -0.938. The molecule has 0 saturated heterocycles. The molecule has 0 aromatic carbocycles. The fourth-order valence-corrected chi connectivity index (χ4v) is 0.121. The van der Waals surface area contributed by atoms with Gasteiger partial charge in [-0.2, -0.15) is 0 Å². The Balaban J connectivity index is 0. The van der Waals surface area contributed by atoms with Crippen LogP contribution >= 0.6 is 0 Å². The molecule has 0 aromatic heterocycles. The standard InChI is InChI=1S/C2H5N3O2.C2H6O/c3-1(6)5-2(4)7;1-2-3/h(H5,3,4,5,6,7);3H,2H2,1H3. The Morgan fingerprint density at radius 2 is 1.60 bits per heavy atom. The molecule has 0 saturated carbocycles. The van der Waals surface area contributed by atoms with Crippen LogP contribution in [0.2, 0.25) is 0 Å². The molecular formula is C4H11N3O3. The quantitative estimate of drug-likeness (QED) is 0.344. The third kappa shape index (κ3) is 29.9. The van der Waals surface area contributed by atoms with Crippen LogP contribution < -0.4 is 16.8 Å². The van der Waals surface area contributed by atoms with Crippen molar-refractivity contribution < 1.29 is 14.7 Å². The van der Waals surface area contributed by atoms with Gasteiger partial charge >= 0.3 is 12.1 Å². The van der Waals surface area contributed by atoms with Gasteiger partial charge in [-0.05, 0) is 6.92 Å². The topological polar surface area (TPSA) is 118 Å². The molecule has 0 spiro atoms. The second-order valence-corrected chi connectivity index (χ2v) is 1.17. The Labute approximate surface area is 58.2 Å². The van der Waals surface area contributed by atoms with Gasteiger partial charge in [-0.15, -0.1) is 0 Å². The van der Waals surface area contributed by atoms with Crippen molar-refractivity contribution in [3.05, 3.63) is 0 Å². The van der Waals surface area contributed by atoms with E-state index in [1.807, 2.05) is 0 Å². The predicted molar refractivity (Wildman–Crippen MR) is 35.1 cm³/mol. The van der Waals surface area contributed by atoms with E-state index in [2.05, 4.69) is 11.5 Å². The van der Waals surface area contributed by atoms with Crippen LogP contribution in [-0.4, -0.2) is 23.8 Å². The summed E-state index contributed by atoms with van der Waals surface area (Å²) in [6, 6.07) is -1.88. The van der Waals surface area contributed by atoms with Gasteiger partial charge in [0.1, 0.15) is 0 Å². The molecule has 0 fully saturated rings. The van der Waals surface area contributed by atoms with E-state index >= 15 is 0 Å². The number of imide groups is 1. The number of carbonyl (C=O) groups is 2. The van der Waals surface area contributed by atoms with E-state index in [4.69, 9.17) is 5.11 Å². The molecule has 0 aromatic rings. The summed E-state index contributed by atoms with van der Waals surface area (Å²) >= 11 is 0. The number of aliphatic hydroxyl groups excluding tert-OH is 1. The van der Waals surface area contributed by atoms with E-state index in [1.54, 1.807) is 12.2 Å².